The lowest BCUT2D eigenvalue weighted by atomic mass is 10.1. The second-order valence-electron chi connectivity index (χ2n) is 5.23. The highest BCUT2D eigenvalue weighted by molar-refractivity contribution is 5.16. The molecule has 0 saturated heterocycles. The van der Waals surface area contributed by atoms with Crippen LogP contribution >= 0.6 is 0 Å². The van der Waals surface area contributed by atoms with Gasteiger partial charge in [0.1, 0.15) is 0 Å². The highest BCUT2D eigenvalue weighted by atomic mass is 16.4. The Labute approximate surface area is 116 Å². The zero-order valence-electron chi connectivity index (χ0n) is 12.5. The van der Waals surface area contributed by atoms with Gasteiger partial charge >= 0.3 is 6.01 Å². The van der Waals surface area contributed by atoms with Crippen LogP contribution in [0.15, 0.2) is 4.42 Å². The van der Waals surface area contributed by atoms with Gasteiger partial charge in [-0.05, 0) is 6.42 Å². The summed E-state index contributed by atoms with van der Waals surface area (Å²) in [5, 5.41) is 14.4. The molecule has 1 aromatic heterocycles. The van der Waals surface area contributed by atoms with E-state index in [9.17, 15) is 0 Å². The molecule has 5 heteroatoms. The molecule has 0 aliphatic heterocycles. The number of aromatic nitrogens is 2. The molecule has 5 nitrogen and oxygen atoms in total. The summed E-state index contributed by atoms with van der Waals surface area (Å²) in [6, 6.07) is 0.959. The number of nitrogens with zero attached hydrogens (tertiary/aromatic N) is 2. The quantitative estimate of drug-likeness (QED) is 0.603. The summed E-state index contributed by atoms with van der Waals surface area (Å²) in [5.74, 6) is 0.638. The highest BCUT2D eigenvalue weighted by Gasteiger charge is 2.05. The minimum absolute atomic E-state index is 0.423. The first-order valence-corrected chi connectivity index (χ1v) is 7.52. The molecule has 0 aliphatic rings. The zero-order chi connectivity index (χ0) is 13.9. The van der Waals surface area contributed by atoms with E-state index in [-0.39, 0.29) is 0 Å². The predicted molar refractivity (Wildman–Crippen MR) is 78.1 cm³/mol. The Hall–Kier alpha value is -1.10. The molecular formula is C14H28N4O. The first-order chi connectivity index (χ1) is 9.22. The number of hydrogen-bond acceptors (Lipinski definition) is 5. The summed E-state index contributed by atoms with van der Waals surface area (Å²) in [6.07, 6.45) is 7.75. The van der Waals surface area contributed by atoms with Gasteiger partial charge < -0.3 is 15.1 Å². The summed E-state index contributed by atoms with van der Waals surface area (Å²) < 4.78 is 5.48. The normalized spacial score (nSPS) is 11.2. The van der Waals surface area contributed by atoms with Crippen LogP contribution < -0.4 is 10.6 Å². The Balaban J connectivity index is 2.06. The first-order valence-electron chi connectivity index (χ1n) is 7.52. The van der Waals surface area contributed by atoms with E-state index in [1.165, 1.54) is 32.1 Å². The lowest BCUT2D eigenvalue weighted by Gasteiger charge is -2.03. The van der Waals surface area contributed by atoms with Crippen LogP contribution in [0.2, 0.25) is 0 Å². The van der Waals surface area contributed by atoms with Crippen molar-refractivity contribution in [3.8, 4) is 0 Å². The maximum absolute atomic E-state index is 5.48. The van der Waals surface area contributed by atoms with E-state index in [0.29, 0.717) is 24.5 Å². The molecule has 0 radical (unpaired) electrons. The Morgan fingerprint density at radius 2 is 1.79 bits per heavy atom. The monoisotopic (exact) mass is 268 g/mol. The Morgan fingerprint density at radius 3 is 2.53 bits per heavy atom. The topological polar surface area (TPSA) is 63.0 Å². The van der Waals surface area contributed by atoms with Crippen LogP contribution in [0.1, 0.15) is 65.2 Å². The average Bonchev–Trinajstić information content (AvgIpc) is 2.83. The number of nitrogens with one attached hydrogen (secondary N) is 2. The van der Waals surface area contributed by atoms with Crippen molar-refractivity contribution in [2.45, 2.75) is 71.9 Å². The Morgan fingerprint density at radius 1 is 1.05 bits per heavy atom. The molecular weight excluding hydrogens is 240 g/mol. The molecule has 0 fully saturated rings. The van der Waals surface area contributed by atoms with Crippen molar-refractivity contribution < 1.29 is 4.42 Å². The SMILES string of the molecule is CCCCCCCCNc1nnc(CNC(C)C)o1. The van der Waals surface area contributed by atoms with Gasteiger partial charge in [0.05, 0.1) is 6.54 Å². The molecule has 0 bridgehead atoms. The minimum atomic E-state index is 0.423. The van der Waals surface area contributed by atoms with E-state index < -0.39 is 0 Å². The molecule has 1 aromatic rings. The van der Waals surface area contributed by atoms with Crippen molar-refractivity contribution in [1.82, 2.24) is 15.5 Å². The molecule has 0 saturated carbocycles. The third-order valence-corrected chi connectivity index (χ3v) is 2.93. The van der Waals surface area contributed by atoms with Gasteiger partial charge in [-0.25, -0.2) is 0 Å². The summed E-state index contributed by atoms with van der Waals surface area (Å²) in [5.41, 5.74) is 0. The molecule has 110 valence electrons. The van der Waals surface area contributed by atoms with Crippen molar-refractivity contribution in [2.24, 2.45) is 0 Å². The van der Waals surface area contributed by atoms with Gasteiger partial charge in [-0.1, -0.05) is 58.0 Å². The molecule has 0 amide bonds. The fourth-order valence-electron chi connectivity index (χ4n) is 1.79. The molecule has 19 heavy (non-hydrogen) atoms. The van der Waals surface area contributed by atoms with Crippen molar-refractivity contribution in [2.75, 3.05) is 11.9 Å². The largest absolute Gasteiger partial charge is 0.407 e. The highest BCUT2D eigenvalue weighted by Crippen LogP contribution is 2.08. The molecule has 0 atom stereocenters. The molecule has 0 aliphatic carbocycles. The lowest BCUT2D eigenvalue weighted by Crippen LogP contribution is -2.21. The second kappa shape index (κ2) is 9.78. The standard InChI is InChI=1S/C14H28N4O/c1-4-5-6-7-8-9-10-15-14-18-17-13(19-14)11-16-12(2)3/h12,16H,4-11H2,1-3H3,(H,15,18). The number of unbranched alkanes of at least 4 members (excludes halogenated alkanes) is 5. The molecule has 1 heterocycles. The fourth-order valence-corrected chi connectivity index (χ4v) is 1.79. The minimum Gasteiger partial charge on any atom is -0.407 e. The van der Waals surface area contributed by atoms with Crippen LogP contribution in [0.4, 0.5) is 6.01 Å². The van der Waals surface area contributed by atoms with Crippen LogP contribution in [0.5, 0.6) is 0 Å². The van der Waals surface area contributed by atoms with E-state index in [1.54, 1.807) is 0 Å². The van der Waals surface area contributed by atoms with Gasteiger partial charge in [-0.2, -0.15) is 0 Å². The Bertz CT molecular complexity index is 325. The third-order valence-electron chi connectivity index (χ3n) is 2.93. The van der Waals surface area contributed by atoms with Crippen LogP contribution in [0, 0.1) is 0 Å². The van der Waals surface area contributed by atoms with E-state index in [2.05, 4.69) is 41.6 Å². The maximum atomic E-state index is 5.48. The molecule has 1 rings (SSSR count). The summed E-state index contributed by atoms with van der Waals surface area (Å²) in [7, 11) is 0. The summed E-state index contributed by atoms with van der Waals surface area (Å²) >= 11 is 0. The van der Waals surface area contributed by atoms with Crippen molar-refractivity contribution in [3.63, 3.8) is 0 Å². The van der Waals surface area contributed by atoms with Crippen LogP contribution in [-0.2, 0) is 6.54 Å². The van der Waals surface area contributed by atoms with Crippen LogP contribution in [-0.4, -0.2) is 22.8 Å². The van der Waals surface area contributed by atoms with Gasteiger partial charge in [0.25, 0.3) is 0 Å². The summed E-state index contributed by atoms with van der Waals surface area (Å²) in [6.45, 7) is 7.96. The first kappa shape index (κ1) is 16.0. The summed E-state index contributed by atoms with van der Waals surface area (Å²) in [4.78, 5) is 0. The van der Waals surface area contributed by atoms with Gasteiger partial charge in [-0.3, -0.25) is 0 Å². The fraction of sp³-hybridized carbons (Fsp3) is 0.857. The average molecular weight is 268 g/mol. The molecule has 0 aromatic carbocycles. The van der Waals surface area contributed by atoms with E-state index in [1.807, 2.05) is 0 Å². The molecule has 0 unspecified atom stereocenters. The third kappa shape index (κ3) is 7.82. The predicted octanol–water partition coefficient (Wildman–Crippen LogP) is 3.34. The van der Waals surface area contributed by atoms with Gasteiger partial charge in [0.15, 0.2) is 0 Å². The lowest BCUT2D eigenvalue weighted by molar-refractivity contribution is 0.458. The van der Waals surface area contributed by atoms with Gasteiger partial charge in [-0.15, -0.1) is 5.10 Å². The van der Waals surface area contributed by atoms with Gasteiger partial charge in [0.2, 0.25) is 5.89 Å². The van der Waals surface area contributed by atoms with E-state index in [4.69, 9.17) is 4.42 Å². The number of rotatable bonds is 11. The second-order valence-corrected chi connectivity index (χ2v) is 5.23. The van der Waals surface area contributed by atoms with Crippen LogP contribution in [0.3, 0.4) is 0 Å². The number of hydrogen-bond donors (Lipinski definition) is 2. The van der Waals surface area contributed by atoms with E-state index >= 15 is 0 Å². The Kier molecular flexibility index (Phi) is 8.21. The smallest absolute Gasteiger partial charge is 0.315 e. The van der Waals surface area contributed by atoms with E-state index in [0.717, 1.165) is 13.0 Å². The maximum Gasteiger partial charge on any atom is 0.315 e. The zero-order valence-corrected chi connectivity index (χ0v) is 12.5. The van der Waals surface area contributed by atoms with Gasteiger partial charge in [0, 0.05) is 12.6 Å². The molecule has 0 spiro atoms. The van der Waals surface area contributed by atoms with Crippen LogP contribution in [0.25, 0.3) is 0 Å². The van der Waals surface area contributed by atoms with Crippen molar-refractivity contribution in [3.05, 3.63) is 5.89 Å². The van der Waals surface area contributed by atoms with Crippen molar-refractivity contribution in [1.29, 1.82) is 0 Å². The number of anilines is 1. The van der Waals surface area contributed by atoms with Crippen molar-refractivity contribution >= 4 is 6.01 Å². The molecule has 2 N–H and O–H groups in total.